The van der Waals surface area contributed by atoms with Crippen LogP contribution in [-0.2, 0) is 9.53 Å². The van der Waals surface area contributed by atoms with Crippen LogP contribution >= 0.6 is 0 Å². The summed E-state index contributed by atoms with van der Waals surface area (Å²) in [5, 5.41) is 0. The maximum absolute atomic E-state index is 13.2. The van der Waals surface area contributed by atoms with E-state index in [1.807, 2.05) is 60.7 Å². The molecule has 2 heterocycles. The van der Waals surface area contributed by atoms with E-state index in [0.29, 0.717) is 23.4 Å². The molecule has 2 fully saturated rings. The number of para-hydroxylation sites is 1. The van der Waals surface area contributed by atoms with Crippen molar-refractivity contribution >= 4 is 17.6 Å². The number of nitrogens with zero attached hydrogens (tertiary/aromatic N) is 1. The van der Waals surface area contributed by atoms with E-state index in [0.717, 1.165) is 24.0 Å². The minimum Gasteiger partial charge on any atom is -0.496 e. The van der Waals surface area contributed by atoms with E-state index >= 15 is 0 Å². The van der Waals surface area contributed by atoms with Crippen LogP contribution in [0.15, 0.2) is 54.6 Å². The molecule has 0 N–H and O–H groups in total. The molecule has 0 radical (unpaired) electrons. The van der Waals surface area contributed by atoms with Gasteiger partial charge in [0.05, 0.1) is 12.7 Å². The summed E-state index contributed by atoms with van der Waals surface area (Å²) < 4.78 is 11.5. The Kier molecular flexibility index (Phi) is 5.49. The molecule has 2 aliphatic heterocycles. The molecule has 4 heteroatoms. The fraction of sp³-hybridized carbons (Fsp3) is 0.375. The maximum Gasteiger partial charge on any atom is 0.339 e. The number of fused-ring (bicyclic) bond motifs is 2. The SMILES string of the molecule is COc1ccccc1/C(=C\c1ccccc1)C(=O)OC1C[C@H]2CC[C@@H](C1)N2C. The number of carbonyl (C=O) groups excluding carboxylic acids is 1. The molecule has 0 spiro atoms. The zero-order valence-corrected chi connectivity index (χ0v) is 16.5. The lowest BCUT2D eigenvalue weighted by Gasteiger charge is -2.35. The summed E-state index contributed by atoms with van der Waals surface area (Å²) in [5.41, 5.74) is 2.26. The van der Waals surface area contributed by atoms with Crippen molar-refractivity contribution in [3.8, 4) is 5.75 Å². The molecule has 3 atom stereocenters. The lowest BCUT2D eigenvalue weighted by molar-refractivity contribution is -0.145. The van der Waals surface area contributed by atoms with E-state index in [2.05, 4.69) is 11.9 Å². The van der Waals surface area contributed by atoms with E-state index in [1.165, 1.54) is 12.8 Å². The third-order valence-corrected chi connectivity index (χ3v) is 6.06. The molecule has 0 aliphatic carbocycles. The predicted molar refractivity (Wildman–Crippen MR) is 111 cm³/mol. The van der Waals surface area contributed by atoms with Gasteiger partial charge in [0.15, 0.2) is 0 Å². The predicted octanol–water partition coefficient (Wildman–Crippen LogP) is 4.40. The Morgan fingerprint density at radius 2 is 1.64 bits per heavy atom. The molecule has 4 nitrogen and oxygen atoms in total. The molecule has 2 bridgehead atoms. The molecule has 146 valence electrons. The third-order valence-electron chi connectivity index (χ3n) is 6.06. The number of methoxy groups -OCH3 is 1. The Morgan fingerprint density at radius 1 is 1.00 bits per heavy atom. The Balaban J connectivity index is 1.62. The summed E-state index contributed by atoms with van der Waals surface area (Å²) in [6.45, 7) is 0. The first-order valence-corrected chi connectivity index (χ1v) is 9.98. The molecule has 28 heavy (non-hydrogen) atoms. The quantitative estimate of drug-likeness (QED) is 0.440. The second kappa shape index (κ2) is 8.19. The highest BCUT2D eigenvalue weighted by Crippen LogP contribution is 2.36. The molecule has 0 saturated carbocycles. The van der Waals surface area contributed by atoms with E-state index in [9.17, 15) is 4.79 Å². The summed E-state index contributed by atoms with van der Waals surface area (Å²) in [4.78, 5) is 15.7. The standard InChI is InChI=1S/C24H27NO3/c1-25-18-12-13-19(25)16-20(15-18)28-24(26)22(14-17-8-4-3-5-9-17)21-10-6-7-11-23(21)27-2/h3-11,14,18-20H,12-13,15-16H2,1-2H3/b22-14+/t18-,19+,20?. The molecule has 2 aromatic carbocycles. The number of benzene rings is 2. The smallest absolute Gasteiger partial charge is 0.339 e. The first-order chi connectivity index (χ1) is 13.7. The van der Waals surface area contributed by atoms with Gasteiger partial charge in [-0.1, -0.05) is 48.5 Å². The number of piperidine rings is 1. The summed E-state index contributed by atoms with van der Waals surface area (Å²) in [5.74, 6) is 0.396. The lowest BCUT2D eigenvalue weighted by atomic mass is 9.99. The van der Waals surface area contributed by atoms with Gasteiger partial charge in [0.25, 0.3) is 0 Å². The number of rotatable bonds is 5. The molecule has 4 rings (SSSR count). The number of ether oxygens (including phenoxy) is 2. The number of esters is 1. The minimum absolute atomic E-state index is 0.0184. The van der Waals surface area contributed by atoms with Crippen molar-refractivity contribution in [1.29, 1.82) is 0 Å². The van der Waals surface area contributed by atoms with Crippen LogP contribution in [0.25, 0.3) is 11.6 Å². The molecule has 2 aromatic rings. The van der Waals surface area contributed by atoms with Crippen LogP contribution in [0.4, 0.5) is 0 Å². The van der Waals surface area contributed by atoms with Crippen molar-refractivity contribution < 1.29 is 14.3 Å². The molecule has 1 unspecified atom stereocenters. The zero-order valence-electron chi connectivity index (χ0n) is 16.5. The zero-order chi connectivity index (χ0) is 19.5. The largest absolute Gasteiger partial charge is 0.496 e. The number of carbonyl (C=O) groups is 1. The van der Waals surface area contributed by atoms with Crippen molar-refractivity contribution in [2.45, 2.75) is 43.9 Å². The topological polar surface area (TPSA) is 38.8 Å². The summed E-state index contributed by atoms with van der Waals surface area (Å²) >= 11 is 0. The van der Waals surface area contributed by atoms with Crippen LogP contribution in [0.2, 0.25) is 0 Å². The van der Waals surface area contributed by atoms with Crippen LogP contribution in [0, 0.1) is 0 Å². The van der Waals surface area contributed by atoms with Crippen LogP contribution in [0.5, 0.6) is 5.75 Å². The van der Waals surface area contributed by atoms with Gasteiger partial charge in [-0.2, -0.15) is 0 Å². The Morgan fingerprint density at radius 3 is 2.32 bits per heavy atom. The van der Waals surface area contributed by atoms with Gasteiger partial charge in [0.1, 0.15) is 11.9 Å². The highest BCUT2D eigenvalue weighted by atomic mass is 16.5. The van der Waals surface area contributed by atoms with Gasteiger partial charge >= 0.3 is 5.97 Å². The van der Waals surface area contributed by atoms with Crippen molar-refractivity contribution in [2.24, 2.45) is 0 Å². The second-order valence-corrected chi connectivity index (χ2v) is 7.72. The first-order valence-electron chi connectivity index (χ1n) is 9.98. The van der Waals surface area contributed by atoms with Gasteiger partial charge in [-0.3, -0.25) is 0 Å². The maximum atomic E-state index is 13.2. The van der Waals surface area contributed by atoms with Gasteiger partial charge in [-0.15, -0.1) is 0 Å². The molecular weight excluding hydrogens is 350 g/mol. The van der Waals surface area contributed by atoms with E-state index < -0.39 is 0 Å². The van der Waals surface area contributed by atoms with Gasteiger partial charge < -0.3 is 14.4 Å². The summed E-state index contributed by atoms with van der Waals surface area (Å²) in [7, 11) is 3.81. The van der Waals surface area contributed by atoms with Gasteiger partial charge in [-0.05, 0) is 37.6 Å². The molecule has 2 saturated heterocycles. The first kappa shape index (κ1) is 18.8. The van der Waals surface area contributed by atoms with Crippen molar-refractivity contribution in [1.82, 2.24) is 4.90 Å². The fourth-order valence-electron chi connectivity index (χ4n) is 4.50. The van der Waals surface area contributed by atoms with Gasteiger partial charge in [0, 0.05) is 30.5 Å². The van der Waals surface area contributed by atoms with Crippen molar-refractivity contribution in [3.63, 3.8) is 0 Å². The number of hydrogen-bond acceptors (Lipinski definition) is 4. The normalized spacial score (nSPS) is 24.8. The van der Waals surface area contributed by atoms with Gasteiger partial charge in [0.2, 0.25) is 0 Å². The molecule has 0 aromatic heterocycles. The van der Waals surface area contributed by atoms with Crippen LogP contribution in [0.3, 0.4) is 0 Å². The van der Waals surface area contributed by atoms with E-state index in [4.69, 9.17) is 9.47 Å². The van der Waals surface area contributed by atoms with Crippen LogP contribution in [-0.4, -0.2) is 43.2 Å². The van der Waals surface area contributed by atoms with E-state index in [1.54, 1.807) is 7.11 Å². The highest BCUT2D eigenvalue weighted by Gasteiger charge is 2.40. The Labute approximate surface area is 166 Å². The number of hydrogen-bond donors (Lipinski definition) is 0. The van der Waals surface area contributed by atoms with Crippen LogP contribution in [0.1, 0.15) is 36.8 Å². The Bertz CT molecular complexity index is 847. The Hall–Kier alpha value is -2.59. The minimum atomic E-state index is -0.276. The van der Waals surface area contributed by atoms with Crippen LogP contribution < -0.4 is 4.74 Å². The summed E-state index contributed by atoms with van der Waals surface area (Å²) in [6.07, 6.45) is 6.12. The second-order valence-electron chi connectivity index (χ2n) is 7.72. The van der Waals surface area contributed by atoms with Crippen molar-refractivity contribution in [2.75, 3.05) is 14.2 Å². The molecule has 0 amide bonds. The summed E-state index contributed by atoms with van der Waals surface area (Å²) in [6, 6.07) is 18.5. The average Bonchev–Trinajstić information content (AvgIpc) is 2.93. The fourth-order valence-corrected chi connectivity index (χ4v) is 4.50. The van der Waals surface area contributed by atoms with Gasteiger partial charge in [-0.25, -0.2) is 4.79 Å². The lowest BCUT2D eigenvalue weighted by Crippen LogP contribution is -2.43. The monoisotopic (exact) mass is 377 g/mol. The third kappa shape index (κ3) is 3.83. The highest BCUT2D eigenvalue weighted by molar-refractivity contribution is 6.22. The van der Waals surface area contributed by atoms with Crippen molar-refractivity contribution in [3.05, 3.63) is 65.7 Å². The molecule has 2 aliphatic rings. The van der Waals surface area contributed by atoms with E-state index in [-0.39, 0.29) is 12.1 Å². The molecular formula is C24H27NO3. The average molecular weight is 377 g/mol.